The lowest BCUT2D eigenvalue weighted by molar-refractivity contribution is 0.0950. The Balaban J connectivity index is 1.66. The van der Waals surface area contributed by atoms with Crippen molar-refractivity contribution in [3.63, 3.8) is 0 Å². The van der Waals surface area contributed by atoms with Crippen molar-refractivity contribution in [2.24, 2.45) is 0 Å². The van der Waals surface area contributed by atoms with Crippen molar-refractivity contribution < 1.29 is 4.79 Å². The number of halogens is 1. The summed E-state index contributed by atoms with van der Waals surface area (Å²) >= 11 is 4.04. The van der Waals surface area contributed by atoms with Crippen LogP contribution in [0.1, 0.15) is 32.1 Å². The number of nitrogens with one attached hydrogen (secondary N) is 1. The molecule has 0 unspecified atom stereocenters. The number of carbonyl (C=O) groups excluding carboxylic acids is 1. The Labute approximate surface area is 130 Å². The van der Waals surface area contributed by atoms with Crippen LogP contribution in [0.4, 0.5) is 0 Å². The number of thiophene rings is 1. The average molecular weight is 383 g/mol. The monoisotopic (exact) mass is 383 g/mol. The van der Waals surface area contributed by atoms with E-state index in [1.54, 1.807) is 0 Å². The second kappa shape index (κ2) is 5.63. The fraction of sp³-hybridized carbons (Fsp3) is 0.267. The second-order valence-corrected chi connectivity index (χ2v) is 7.06. The number of carbonyl (C=O) groups is 1. The molecule has 19 heavy (non-hydrogen) atoms. The molecule has 1 heterocycles. The number of fused-ring (bicyclic) bond motifs is 1. The molecule has 0 aliphatic heterocycles. The molecule has 0 atom stereocenters. The maximum absolute atomic E-state index is 12.1. The van der Waals surface area contributed by atoms with Gasteiger partial charge in [-0.25, -0.2) is 0 Å². The van der Waals surface area contributed by atoms with Crippen molar-refractivity contribution in [2.45, 2.75) is 25.8 Å². The zero-order valence-corrected chi connectivity index (χ0v) is 13.4. The first-order valence-electron chi connectivity index (χ1n) is 6.37. The largest absolute Gasteiger partial charge is 0.347 e. The standard InChI is InChI=1S/C15H14INOS/c16-13-6-2-1-5-12(13)15(18)17-9-11-8-10-4-3-7-14(10)19-11/h1-2,5-6,8H,3-4,7,9H2,(H,17,18). The van der Waals surface area contributed by atoms with Crippen molar-refractivity contribution in [1.29, 1.82) is 0 Å². The van der Waals surface area contributed by atoms with E-state index >= 15 is 0 Å². The fourth-order valence-electron chi connectivity index (χ4n) is 2.39. The molecule has 3 rings (SSSR count). The van der Waals surface area contributed by atoms with E-state index in [1.165, 1.54) is 34.6 Å². The van der Waals surface area contributed by atoms with E-state index in [9.17, 15) is 4.79 Å². The van der Waals surface area contributed by atoms with Gasteiger partial charge in [0.25, 0.3) is 5.91 Å². The molecule has 1 aliphatic rings. The van der Waals surface area contributed by atoms with Gasteiger partial charge in [0.1, 0.15) is 0 Å². The fourth-order valence-corrected chi connectivity index (χ4v) is 4.22. The summed E-state index contributed by atoms with van der Waals surface area (Å²) in [4.78, 5) is 14.9. The third-order valence-corrected chi connectivity index (χ3v) is 5.52. The summed E-state index contributed by atoms with van der Waals surface area (Å²) < 4.78 is 0.992. The van der Waals surface area contributed by atoms with Gasteiger partial charge in [-0.1, -0.05) is 12.1 Å². The quantitative estimate of drug-likeness (QED) is 0.804. The molecule has 2 aromatic rings. The minimum absolute atomic E-state index is 0.0126. The van der Waals surface area contributed by atoms with Gasteiger partial charge in [0.2, 0.25) is 0 Å². The van der Waals surface area contributed by atoms with Crippen molar-refractivity contribution in [3.8, 4) is 0 Å². The van der Waals surface area contributed by atoms with Crippen LogP contribution in [-0.4, -0.2) is 5.91 Å². The molecule has 98 valence electrons. The predicted octanol–water partition coefficient (Wildman–Crippen LogP) is 3.77. The van der Waals surface area contributed by atoms with Crippen molar-refractivity contribution in [2.75, 3.05) is 0 Å². The van der Waals surface area contributed by atoms with Crippen LogP contribution in [0.2, 0.25) is 0 Å². The Morgan fingerprint density at radius 3 is 2.95 bits per heavy atom. The van der Waals surface area contributed by atoms with Gasteiger partial charge in [-0.05, 0) is 65.6 Å². The Morgan fingerprint density at radius 1 is 1.32 bits per heavy atom. The molecule has 0 saturated carbocycles. The maximum atomic E-state index is 12.1. The molecule has 0 saturated heterocycles. The van der Waals surface area contributed by atoms with Crippen molar-refractivity contribution >= 4 is 39.8 Å². The molecule has 4 heteroatoms. The van der Waals surface area contributed by atoms with Crippen molar-refractivity contribution in [3.05, 3.63) is 54.8 Å². The number of benzene rings is 1. The minimum Gasteiger partial charge on any atom is -0.347 e. The lowest BCUT2D eigenvalue weighted by Gasteiger charge is -2.05. The SMILES string of the molecule is O=C(NCc1cc2c(s1)CCC2)c1ccccc1I. The molecule has 1 N–H and O–H groups in total. The third-order valence-electron chi connectivity index (χ3n) is 3.34. The number of aryl methyl sites for hydroxylation is 2. The molecule has 1 aromatic carbocycles. The van der Waals surface area contributed by atoms with Gasteiger partial charge in [-0.15, -0.1) is 11.3 Å². The van der Waals surface area contributed by atoms with Gasteiger partial charge in [0.05, 0.1) is 12.1 Å². The Kier molecular flexibility index (Phi) is 3.88. The molecule has 0 spiro atoms. The van der Waals surface area contributed by atoms with Gasteiger partial charge >= 0.3 is 0 Å². The van der Waals surface area contributed by atoms with Gasteiger partial charge in [0, 0.05) is 13.3 Å². The van der Waals surface area contributed by atoms with E-state index < -0.39 is 0 Å². The highest BCUT2D eigenvalue weighted by Gasteiger charge is 2.15. The van der Waals surface area contributed by atoms with Crippen LogP contribution in [0, 0.1) is 3.57 Å². The Hall–Kier alpha value is -0.880. The van der Waals surface area contributed by atoms with E-state index in [1.807, 2.05) is 35.6 Å². The summed E-state index contributed by atoms with van der Waals surface area (Å²) in [6.45, 7) is 0.640. The first-order chi connectivity index (χ1) is 9.24. The molecular weight excluding hydrogens is 369 g/mol. The third kappa shape index (κ3) is 2.84. The summed E-state index contributed by atoms with van der Waals surface area (Å²) in [7, 11) is 0. The van der Waals surface area contributed by atoms with E-state index in [-0.39, 0.29) is 5.91 Å². The molecular formula is C15H14INOS. The van der Waals surface area contributed by atoms with Crippen LogP contribution in [0.25, 0.3) is 0 Å². The summed E-state index contributed by atoms with van der Waals surface area (Å²) in [6, 6.07) is 9.92. The number of hydrogen-bond acceptors (Lipinski definition) is 2. The lowest BCUT2D eigenvalue weighted by Crippen LogP contribution is -2.23. The van der Waals surface area contributed by atoms with Crippen LogP contribution >= 0.6 is 33.9 Å². The first kappa shape index (κ1) is 13.1. The Morgan fingerprint density at radius 2 is 2.16 bits per heavy atom. The van der Waals surface area contributed by atoms with Crippen LogP contribution in [-0.2, 0) is 19.4 Å². The highest BCUT2D eigenvalue weighted by atomic mass is 127. The van der Waals surface area contributed by atoms with E-state index in [2.05, 4.69) is 34.0 Å². The molecule has 0 radical (unpaired) electrons. The number of rotatable bonds is 3. The number of hydrogen-bond donors (Lipinski definition) is 1. The number of amides is 1. The first-order valence-corrected chi connectivity index (χ1v) is 8.27. The molecule has 1 aliphatic carbocycles. The van der Waals surface area contributed by atoms with E-state index in [0.717, 1.165) is 9.13 Å². The molecule has 1 amide bonds. The highest BCUT2D eigenvalue weighted by molar-refractivity contribution is 14.1. The molecule has 0 fully saturated rings. The second-order valence-electron chi connectivity index (χ2n) is 4.68. The van der Waals surface area contributed by atoms with Crippen LogP contribution < -0.4 is 5.32 Å². The summed E-state index contributed by atoms with van der Waals surface area (Å²) in [5, 5.41) is 3.01. The highest BCUT2D eigenvalue weighted by Crippen LogP contribution is 2.30. The predicted molar refractivity (Wildman–Crippen MR) is 86.7 cm³/mol. The lowest BCUT2D eigenvalue weighted by atomic mass is 10.2. The summed E-state index contributed by atoms with van der Waals surface area (Å²) in [5.74, 6) is 0.0126. The van der Waals surface area contributed by atoms with E-state index in [4.69, 9.17) is 0 Å². The van der Waals surface area contributed by atoms with Crippen LogP contribution in [0.15, 0.2) is 30.3 Å². The molecule has 2 nitrogen and oxygen atoms in total. The normalized spacial score (nSPS) is 13.3. The topological polar surface area (TPSA) is 29.1 Å². The smallest absolute Gasteiger partial charge is 0.252 e. The maximum Gasteiger partial charge on any atom is 0.252 e. The summed E-state index contributed by atoms with van der Waals surface area (Å²) in [6.07, 6.45) is 3.71. The Bertz CT molecular complexity index is 599. The van der Waals surface area contributed by atoms with E-state index in [0.29, 0.717) is 6.54 Å². The van der Waals surface area contributed by atoms with Gasteiger partial charge in [0.15, 0.2) is 0 Å². The van der Waals surface area contributed by atoms with Crippen molar-refractivity contribution in [1.82, 2.24) is 5.32 Å². The summed E-state index contributed by atoms with van der Waals surface area (Å²) in [5.41, 5.74) is 2.25. The van der Waals surface area contributed by atoms with Crippen LogP contribution in [0.3, 0.4) is 0 Å². The van der Waals surface area contributed by atoms with Gasteiger partial charge in [-0.3, -0.25) is 4.79 Å². The molecule has 1 aromatic heterocycles. The van der Waals surface area contributed by atoms with Gasteiger partial charge in [-0.2, -0.15) is 0 Å². The zero-order valence-electron chi connectivity index (χ0n) is 10.4. The zero-order chi connectivity index (χ0) is 13.2. The minimum atomic E-state index is 0.0126. The van der Waals surface area contributed by atoms with Crippen LogP contribution in [0.5, 0.6) is 0 Å². The molecule has 0 bridgehead atoms. The average Bonchev–Trinajstić information content (AvgIpc) is 2.97. The van der Waals surface area contributed by atoms with Gasteiger partial charge < -0.3 is 5.32 Å².